The van der Waals surface area contributed by atoms with Crippen molar-refractivity contribution in [1.29, 1.82) is 0 Å². The third-order valence-corrected chi connectivity index (χ3v) is 3.66. The highest BCUT2D eigenvalue weighted by Gasteiger charge is 2.29. The van der Waals surface area contributed by atoms with E-state index in [1.807, 2.05) is 19.9 Å². The first-order chi connectivity index (χ1) is 9.58. The molecule has 0 saturated carbocycles. The van der Waals surface area contributed by atoms with Crippen LogP contribution in [0.2, 0.25) is 0 Å². The van der Waals surface area contributed by atoms with Gasteiger partial charge in [0, 0.05) is 19.1 Å². The second kappa shape index (κ2) is 6.88. The Balaban J connectivity index is 1.83. The lowest BCUT2D eigenvalue weighted by atomic mass is 10.1. The molecule has 1 fully saturated rings. The fourth-order valence-corrected chi connectivity index (χ4v) is 2.27. The average molecular weight is 281 g/mol. The molecule has 0 spiro atoms. The van der Waals surface area contributed by atoms with Gasteiger partial charge in [-0.1, -0.05) is 0 Å². The van der Waals surface area contributed by atoms with Crippen LogP contribution in [0.5, 0.6) is 0 Å². The minimum absolute atomic E-state index is 0.00766. The zero-order chi connectivity index (χ0) is 14.5. The highest BCUT2D eigenvalue weighted by molar-refractivity contribution is 5.81. The number of hydrogen-bond donors (Lipinski definition) is 2. The van der Waals surface area contributed by atoms with Crippen LogP contribution in [-0.4, -0.2) is 48.7 Å². The Kier molecular flexibility index (Phi) is 5.17. The van der Waals surface area contributed by atoms with Gasteiger partial charge in [0.15, 0.2) is 0 Å². The third kappa shape index (κ3) is 3.82. The minimum atomic E-state index is -0.199. The first-order valence-electron chi connectivity index (χ1n) is 6.99. The van der Waals surface area contributed by atoms with Crippen LogP contribution in [0.15, 0.2) is 22.8 Å². The molecule has 0 aromatic carbocycles. The second-order valence-corrected chi connectivity index (χ2v) is 5.24. The number of amides is 1. The molecule has 1 aromatic heterocycles. The molecule has 112 valence electrons. The number of nitrogens with two attached hydrogens (primary N) is 1. The van der Waals surface area contributed by atoms with Gasteiger partial charge in [-0.2, -0.15) is 0 Å². The van der Waals surface area contributed by atoms with E-state index in [2.05, 4.69) is 10.2 Å². The smallest absolute Gasteiger partial charge is 0.237 e. The van der Waals surface area contributed by atoms with E-state index < -0.39 is 0 Å². The van der Waals surface area contributed by atoms with Gasteiger partial charge in [-0.3, -0.25) is 9.69 Å². The molecule has 6 heteroatoms. The molecule has 1 saturated heterocycles. The summed E-state index contributed by atoms with van der Waals surface area (Å²) in [5.41, 5.74) is 5.86. The highest BCUT2D eigenvalue weighted by Crippen LogP contribution is 2.11. The number of ether oxygens (including phenoxy) is 1. The zero-order valence-electron chi connectivity index (χ0n) is 12.0. The van der Waals surface area contributed by atoms with Crippen LogP contribution in [-0.2, 0) is 16.1 Å². The minimum Gasteiger partial charge on any atom is -0.467 e. The van der Waals surface area contributed by atoms with Crippen molar-refractivity contribution in [2.75, 3.05) is 19.7 Å². The molecule has 0 aliphatic carbocycles. The standard InChI is InChI=1S/C14H23N3O3/c1-10(15)13-9-17(5-7-20-13)11(2)14(18)16-8-12-4-3-6-19-12/h3-4,6,10-11,13H,5,7-9,15H2,1-2H3,(H,16,18). The van der Waals surface area contributed by atoms with Gasteiger partial charge < -0.3 is 20.2 Å². The van der Waals surface area contributed by atoms with Crippen LogP contribution in [0.3, 0.4) is 0 Å². The van der Waals surface area contributed by atoms with Crippen LogP contribution in [0.25, 0.3) is 0 Å². The Bertz CT molecular complexity index is 419. The predicted molar refractivity (Wildman–Crippen MR) is 75.0 cm³/mol. The van der Waals surface area contributed by atoms with Gasteiger partial charge in [0.05, 0.1) is 31.6 Å². The Labute approximate surface area is 119 Å². The van der Waals surface area contributed by atoms with E-state index in [0.717, 1.165) is 12.3 Å². The highest BCUT2D eigenvalue weighted by atomic mass is 16.5. The zero-order valence-corrected chi connectivity index (χ0v) is 12.0. The summed E-state index contributed by atoms with van der Waals surface area (Å²) in [6, 6.07) is 3.41. The summed E-state index contributed by atoms with van der Waals surface area (Å²) in [6.07, 6.45) is 1.59. The molecule has 0 bridgehead atoms. The quantitative estimate of drug-likeness (QED) is 0.813. The Morgan fingerprint density at radius 1 is 1.60 bits per heavy atom. The van der Waals surface area contributed by atoms with Crippen LogP contribution < -0.4 is 11.1 Å². The van der Waals surface area contributed by atoms with Crippen molar-refractivity contribution in [3.8, 4) is 0 Å². The van der Waals surface area contributed by atoms with Crippen molar-refractivity contribution in [2.24, 2.45) is 5.73 Å². The molecular formula is C14H23N3O3. The van der Waals surface area contributed by atoms with Gasteiger partial charge in [-0.25, -0.2) is 0 Å². The fraction of sp³-hybridized carbons (Fsp3) is 0.643. The molecule has 2 rings (SSSR count). The number of hydrogen-bond acceptors (Lipinski definition) is 5. The summed E-state index contributed by atoms with van der Waals surface area (Å²) >= 11 is 0. The molecule has 0 radical (unpaired) electrons. The third-order valence-electron chi connectivity index (χ3n) is 3.66. The monoisotopic (exact) mass is 281 g/mol. The number of morpholine rings is 1. The second-order valence-electron chi connectivity index (χ2n) is 5.24. The fourth-order valence-electron chi connectivity index (χ4n) is 2.27. The van der Waals surface area contributed by atoms with Crippen molar-refractivity contribution < 1.29 is 13.9 Å². The van der Waals surface area contributed by atoms with Crippen molar-refractivity contribution in [3.05, 3.63) is 24.2 Å². The summed E-state index contributed by atoms with van der Waals surface area (Å²) in [6.45, 7) is 6.29. The lowest BCUT2D eigenvalue weighted by Gasteiger charge is -2.37. The average Bonchev–Trinajstić information content (AvgIpc) is 2.97. The maximum absolute atomic E-state index is 12.1. The van der Waals surface area contributed by atoms with Gasteiger partial charge in [0.1, 0.15) is 5.76 Å². The Hall–Kier alpha value is -1.37. The first kappa shape index (κ1) is 15.0. The molecule has 20 heavy (non-hydrogen) atoms. The van der Waals surface area contributed by atoms with E-state index in [4.69, 9.17) is 14.9 Å². The molecule has 3 atom stereocenters. The largest absolute Gasteiger partial charge is 0.467 e. The van der Waals surface area contributed by atoms with Crippen LogP contribution in [0.4, 0.5) is 0 Å². The summed E-state index contributed by atoms with van der Waals surface area (Å²) in [7, 11) is 0. The van der Waals surface area contributed by atoms with Crippen molar-refractivity contribution >= 4 is 5.91 Å². The van der Waals surface area contributed by atoms with Crippen LogP contribution in [0.1, 0.15) is 19.6 Å². The molecule has 3 N–H and O–H groups in total. The normalized spacial score (nSPS) is 23.2. The van der Waals surface area contributed by atoms with E-state index in [9.17, 15) is 4.79 Å². The van der Waals surface area contributed by atoms with Crippen LogP contribution in [0, 0.1) is 0 Å². The summed E-state index contributed by atoms with van der Waals surface area (Å²) in [5.74, 6) is 0.743. The Morgan fingerprint density at radius 3 is 3.05 bits per heavy atom. The summed E-state index contributed by atoms with van der Waals surface area (Å²) in [4.78, 5) is 14.3. The van der Waals surface area contributed by atoms with Gasteiger partial charge in [-0.05, 0) is 26.0 Å². The molecule has 2 heterocycles. The number of carbonyl (C=O) groups is 1. The molecule has 1 aliphatic heterocycles. The van der Waals surface area contributed by atoms with Gasteiger partial charge >= 0.3 is 0 Å². The summed E-state index contributed by atoms with van der Waals surface area (Å²) in [5, 5.41) is 2.88. The van der Waals surface area contributed by atoms with Gasteiger partial charge in [-0.15, -0.1) is 0 Å². The van der Waals surface area contributed by atoms with Gasteiger partial charge in [0.2, 0.25) is 5.91 Å². The van der Waals surface area contributed by atoms with E-state index in [1.54, 1.807) is 12.3 Å². The molecular weight excluding hydrogens is 258 g/mol. The van der Waals surface area contributed by atoms with E-state index in [0.29, 0.717) is 19.7 Å². The number of rotatable bonds is 5. The van der Waals surface area contributed by atoms with E-state index >= 15 is 0 Å². The lowest BCUT2D eigenvalue weighted by molar-refractivity contribution is -0.129. The van der Waals surface area contributed by atoms with E-state index in [-0.39, 0.29) is 24.1 Å². The molecule has 3 unspecified atom stereocenters. The Morgan fingerprint density at radius 2 is 2.40 bits per heavy atom. The predicted octanol–water partition coefficient (Wildman–Crippen LogP) is 0.332. The maximum atomic E-state index is 12.1. The molecule has 1 aliphatic rings. The van der Waals surface area contributed by atoms with Crippen molar-refractivity contribution in [1.82, 2.24) is 10.2 Å². The number of furan rings is 1. The summed E-state index contributed by atoms with van der Waals surface area (Å²) < 4.78 is 10.8. The van der Waals surface area contributed by atoms with Gasteiger partial charge in [0.25, 0.3) is 0 Å². The van der Waals surface area contributed by atoms with Crippen molar-refractivity contribution in [3.63, 3.8) is 0 Å². The van der Waals surface area contributed by atoms with E-state index in [1.165, 1.54) is 0 Å². The molecule has 6 nitrogen and oxygen atoms in total. The lowest BCUT2D eigenvalue weighted by Crippen LogP contribution is -2.55. The molecule has 1 amide bonds. The maximum Gasteiger partial charge on any atom is 0.237 e. The number of nitrogens with one attached hydrogen (secondary N) is 1. The number of nitrogens with zero attached hydrogens (tertiary/aromatic N) is 1. The number of carbonyl (C=O) groups excluding carboxylic acids is 1. The van der Waals surface area contributed by atoms with Crippen LogP contribution >= 0.6 is 0 Å². The topological polar surface area (TPSA) is 80.7 Å². The molecule has 1 aromatic rings. The first-order valence-corrected chi connectivity index (χ1v) is 6.99. The van der Waals surface area contributed by atoms with Crippen molar-refractivity contribution in [2.45, 2.75) is 38.6 Å². The SMILES string of the molecule is CC(N)C1CN(C(C)C(=O)NCc2ccco2)CCO1.